The van der Waals surface area contributed by atoms with Crippen molar-refractivity contribution >= 4 is 0 Å². The fraction of sp³-hybridized carbons (Fsp3) is 1.00. The van der Waals surface area contributed by atoms with E-state index in [9.17, 15) is 0 Å². The lowest BCUT2D eigenvalue weighted by atomic mass is 10.0. The van der Waals surface area contributed by atoms with Crippen molar-refractivity contribution in [2.75, 3.05) is 26.2 Å². The van der Waals surface area contributed by atoms with Gasteiger partial charge in [0.2, 0.25) is 0 Å². The molecule has 0 spiro atoms. The molecule has 2 fully saturated rings. The van der Waals surface area contributed by atoms with Gasteiger partial charge in [-0.15, -0.1) is 0 Å². The lowest BCUT2D eigenvalue weighted by molar-refractivity contribution is 0.173. The summed E-state index contributed by atoms with van der Waals surface area (Å²) in [6, 6.07) is 0.697. The lowest BCUT2D eigenvalue weighted by Gasteiger charge is -2.32. The maximum Gasteiger partial charge on any atom is 0.00510 e. The molecule has 88 valence electrons. The number of rotatable bonds is 2. The van der Waals surface area contributed by atoms with Gasteiger partial charge >= 0.3 is 0 Å². The second kappa shape index (κ2) is 4.42. The summed E-state index contributed by atoms with van der Waals surface area (Å²) < 4.78 is 0. The Labute approximate surface area is 94.4 Å². The number of nitrogens with zero attached hydrogens (tertiary/aromatic N) is 1. The first-order valence-corrected chi connectivity index (χ1v) is 6.53. The molecule has 0 amide bonds. The zero-order valence-corrected chi connectivity index (χ0v) is 10.6. The zero-order valence-electron chi connectivity index (χ0n) is 10.6. The first-order valence-electron chi connectivity index (χ1n) is 6.53. The molecule has 1 N–H and O–H groups in total. The third kappa shape index (κ3) is 3.46. The first kappa shape index (κ1) is 11.4. The van der Waals surface area contributed by atoms with Gasteiger partial charge in [0, 0.05) is 19.1 Å². The summed E-state index contributed by atoms with van der Waals surface area (Å²) in [6.45, 7) is 12.2. The van der Waals surface area contributed by atoms with E-state index in [1.165, 1.54) is 45.4 Å². The van der Waals surface area contributed by atoms with Gasteiger partial charge in [0.1, 0.15) is 0 Å². The Morgan fingerprint density at radius 2 is 2.07 bits per heavy atom. The van der Waals surface area contributed by atoms with Crippen LogP contribution in [0, 0.1) is 11.3 Å². The van der Waals surface area contributed by atoms with Crippen LogP contribution in [0.3, 0.4) is 0 Å². The molecule has 2 rings (SSSR count). The van der Waals surface area contributed by atoms with Crippen LogP contribution in [0.1, 0.15) is 40.0 Å². The summed E-state index contributed by atoms with van der Waals surface area (Å²) in [6.07, 6.45) is 4.21. The SMILES string of the molecule is CC1CNC(C)CCN(CC2(C)CC2)C1. The molecule has 1 heterocycles. The highest BCUT2D eigenvalue weighted by atomic mass is 15.1. The molecule has 1 saturated carbocycles. The molecule has 2 heteroatoms. The van der Waals surface area contributed by atoms with E-state index in [0.717, 1.165) is 5.92 Å². The van der Waals surface area contributed by atoms with Gasteiger partial charge < -0.3 is 10.2 Å². The van der Waals surface area contributed by atoms with Gasteiger partial charge in [-0.2, -0.15) is 0 Å². The molecule has 1 saturated heterocycles. The Balaban J connectivity index is 1.85. The van der Waals surface area contributed by atoms with Crippen LogP contribution in [-0.4, -0.2) is 37.1 Å². The summed E-state index contributed by atoms with van der Waals surface area (Å²) in [5, 5.41) is 3.61. The molecule has 15 heavy (non-hydrogen) atoms. The summed E-state index contributed by atoms with van der Waals surface area (Å²) in [4.78, 5) is 2.70. The molecule has 2 atom stereocenters. The van der Waals surface area contributed by atoms with Crippen molar-refractivity contribution in [3.8, 4) is 0 Å². The normalized spacial score (nSPS) is 37.0. The monoisotopic (exact) mass is 210 g/mol. The second-order valence-electron chi connectivity index (χ2n) is 6.25. The molecular weight excluding hydrogens is 184 g/mol. The van der Waals surface area contributed by atoms with Gasteiger partial charge in [-0.05, 0) is 50.6 Å². The third-order valence-electron chi connectivity index (χ3n) is 3.97. The van der Waals surface area contributed by atoms with Crippen molar-refractivity contribution in [1.29, 1.82) is 0 Å². The lowest BCUT2D eigenvalue weighted by Crippen LogP contribution is -2.44. The third-order valence-corrected chi connectivity index (χ3v) is 3.97. The maximum absolute atomic E-state index is 3.61. The highest BCUT2D eigenvalue weighted by molar-refractivity contribution is 4.92. The van der Waals surface area contributed by atoms with Gasteiger partial charge in [-0.1, -0.05) is 13.8 Å². The second-order valence-corrected chi connectivity index (χ2v) is 6.25. The van der Waals surface area contributed by atoms with E-state index in [0.29, 0.717) is 11.5 Å². The van der Waals surface area contributed by atoms with Crippen LogP contribution in [0.4, 0.5) is 0 Å². The summed E-state index contributed by atoms with van der Waals surface area (Å²) in [7, 11) is 0. The molecule has 1 aliphatic carbocycles. The van der Waals surface area contributed by atoms with Crippen molar-refractivity contribution in [3.05, 3.63) is 0 Å². The van der Waals surface area contributed by atoms with Crippen LogP contribution in [0.2, 0.25) is 0 Å². The summed E-state index contributed by atoms with van der Waals surface area (Å²) >= 11 is 0. The Morgan fingerprint density at radius 3 is 2.73 bits per heavy atom. The van der Waals surface area contributed by atoms with Gasteiger partial charge in [-0.25, -0.2) is 0 Å². The standard InChI is InChI=1S/C13H26N2/c1-11-8-14-12(2)4-7-15(9-11)10-13(3)5-6-13/h11-12,14H,4-10H2,1-3H3. The van der Waals surface area contributed by atoms with Crippen LogP contribution in [0.5, 0.6) is 0 Å². The molecule has 2 unspecified atom stereocenters. The van der Waals surface area contributed by atoms with Crippen LogP contribution < -0.4 is 5.32 Å². The molecular formula is C13H26N2. The Hall–Kier alpha value is -0.0800. The maximum atomic E-state index is 3.61. The van der Waals surface area contributed by atoms with E-state index in [2.05, 4.69) is 31.0 Å². The predicted octanol–water partition coefficient (Wildman–Crippen LogP) is 2.11. The van der Waals surface area contributed by atoms with Crippen molar-refractivity contribution in [3.63, 3.8) is 0 Å². The van der Waals surface area contributed by atoms with E-state index < -0.39 is 0 Å². The topological polar surface area (TPSA) is 15.3 Å². The Morgan fingerprint density at radius 1 is 1.33 bits per heavy atom. The average Bonchev–Trinajstić information content (AvgIpc) is 2.87. The Bertz CT molecular complexity index is 211. The van der Waals surface area contributed by atoms with E-state index in [-0.39, 0.29) is 0 Å². The molecule has 2 nitrogen and oxygen atoms in total. The van der Waals surface area contributed by atoms with Crippen LogP contribution in [0.15, 0.2) is 0 Å². The highest BCUT2D eigenvalue weighted by Crippen LogP contribution is 2.45. The molecule has 0 aromatic rings. The van der Waals surface area contributed by atoms with Crippen LogP contribution in [0.25, 0.3) is 0 Å². The quantitative estimate of drug-likeness (QED) is 0.751. The smallest absolute Gasteiger partial charge is 0.00510 e. The largest absolute Gasteiger partial charge is 0.314 e. The van der Waals surface area contributed by atoms with Gasteiger partial charge in [0.05, 0.1) is 0 Å². The zero-order chi connectivity index (χ0) is 10.9. The van der Waals surface area contributed by atoms with Crippen molar-refractivity contribution in [2.24, 2.45) is 11.3 Å². The van der Waals surface area contributed by atoms with Crippen LogP contribution >= 0.6 is 0 Å². The fourth-order valence-electron chi connectivity index (χ4n) is 2.53. The number of hydrogen-bond donors (Lipinski definition) is 1. The van der Waals surface area contributed by atoms with Crippen molar-refractivity contribution in [2.45, 2.75) is 46.1 Å². The van der Waals surface area contributed by atoms with Crippen molar-refractivity contribution < 1.29 is 0 Å². The number of nitrogens with one attached hydrogen (secondary N) is 1. The van der Waals surface area contributed by atoms with Gasteiger partial charge in [-0.3, -0.25) is 0 Å². The minimum atomic E-state index is 0.676. The fourth-order valence-corrected chi connectivity index (χ4v) is 2.53. The summed E-state index contributed by atoms with van der Waals surface area (Å²) in [5.74, 6) is 0.801. The van der Waals surface area contributed by atoms with E-state index >= 15 is 0 Å². The van der Waals surface area contributed by atoms with Gasteiger partial charge in [0.15, 0.2) is 0 Å². The van der Waals surface area contributed by atoms with Crippen LogP contribution in [-0.2, 0) is 0 Å². The summed E-state index contributed by atoms with van der Waals surface area (Å²) in [5.41, 5.74) is 0.676. The molecule has 0 radical (unpaired) electrons. The molecule has 0 aromatic carbocycles. The minimum absolute atomic E-state index is 0.676. The van der Waals surface area contributed by atoms with E-state index in [4.69, 9.17) is 0 Å². The predicted molar refractivity (Wildman–Crippen MR) is 65.0 cm³/mol. The van der Waals surface area contributed by atoms with E-state index in [1.807, 2.05) is 0 Å². The molecule has 2 aliphatic rings. The highest BCUT2D eigenvalue weighted by Gasteiger charge is 2.38. The molecule has 0 bridgehead atoms. The molecule has 0 aromatic heterocycles. The van der Waals surface area contributed by atoms with Crippen molar-refractivity contribution in [1.82, 2.24) is 10.2 Å². The Kier molecular flexibility index (Phi) is 3.36. The minimum Gasteiger partial charge on any atom is -0.314 e. The number of hydrogen-bond acceptors (Lipinski definition) is 2. The first-order chi connectivity index (χ1) is 7.07. The van der Waals surface area contributed by atoms with Gasteiger partial charge in [0.25, 0.3) is 0 Å². The molecule has 1 aliphatic heterocycles. The van der Waals surface area contributed by atoms with E-state index in [1.54, 1.807) is 0 Å². The average molecular weight is 210 g/mol.